The molecule has 0 spiro atoms. The molecule has 19 heavy (non-hydrogen) atoms. The number of aromatic nitrogens is 1. The van der Waals surface area contributed by atoms with Crippen molar-refractivity contribution in [1.82, 2.24) is 4.98 Å². The van der Waals surface area contributed by atoms with Crippen LogP contribution in [-0.4, -0.2) is 25.0 Å². The van der Waals surface area contributed by atoms with E-state index in [9.17, 15) is 4.79 Å². The first-order valence-corrected chi connectivity index (χ1v) is 6.72. The van der Waals surface area contributed by atoms with Gasteiger partial charge in [-0.2, -0.15) is 0 Å². The Balaban J connectivity index is 2.04. The summed E-state index contributed by atoms with van der Waals surface area (Å²) in [7, 11) is 3.17. The van der Waals surface area contributed by atoms with Gasteiger partial charge >= 0.3 is 0 Å². The lowest BCUT2D eigenvalue weighted by Crippen LogP contribution is -2.06. The van der Waals surface area contributed by atoms with Crippen molar-refractivity contribution in [2.75, 3.05) is 14.2 Å². The Morgan fingerprint density at radius 3 is 2.63 bits per heavy atom. The predicted molar refractivity (Wildman–Crippen MR) is 74.1 cm³/mol. The maximum absolute atomic E-state index is 11.9. The number of thiazole rings is 1. The summed E-state index contributed by atoms with van der Waals surface area (Å²) in [6.07, 6.45) is 2.47. The molecule has 2 aromatic rings. The maximum Gasteiger partial charge on any atom is 0.161 e. The average molecular weight is 277 g/mol. The van der Waals surface area contributed by atoms with Crippen molar-refractivity contribution < 1.29 is 14.3 Å². The molecule has 0 bridgehead atoms. The molecule has 5 heteroatoms. The topological polar surface area (TPSA) is 48.4 Å². The van der Waals surface area contributed by atoms with Crippen LogP contribution in [0, 0.1) is 0 Å². The van der Waals surface area contributed by atoms with Crippen LogP contribution in [0.4, 0.5) is 0 Å². The quantitative estimate of drug-likeness (QED) is 0.814. The van der Waals surface area contributed by atoms with Gasteiger partial charge in [-0.15, -0.1) is 11.3 Å². The highest BCUT2D eigenvalue weighted by Crippen LogP contribution is 2.27. The normalized spacial score (nSPS) is 10.2. The lowest BCUT2D eigenvalue weighted by atomic mass is 10.1. The van der Waals surface area contributed by atoms with E-state index in [2.05, 4.69) is 4.98 Å². The monoisotopic (exact) mass is 277 g/mol. The molecule has 100 valence electrons. The van der Waals surface area contributed by atoms with Crippen LogP contribution in [-0.2, 0) is 17.6 Å². The van der Waals surface area contributed by atoms with E-state index in [1.807, 2.05) is 23.6 Å². The largest absolute Gasteiger partial charge is 0.493 e. The van der Waals surface area contributed by atoms with Crippen LogP contribution < -0.4 is 9.47 Å². The molecule has 1 heterocycles. The molecule has 0 aliphatic heterocycles. The fourth-order valence-electron chi connectivity index (χ4n) is 1.79. The van der Waals surface area contributed by atoms with E-state index < -0.39 is 0 Å². The van der Waals surface area contributed by atoms with E-state index in [1.54, 1.807) is 20.4 Å². The first-order chi connectivity index (χ1) is 9.22. The molecule has 0 saturated carbocycles. The molecular formula is C14H15NO3S. The predicted octanol–water partition coefficient (Wildman–Crippen LogP) is 2.51. The average Bonchev–Trinajstić information content (AvgIpc) is 2.91. The van der Waals surface area contributed by atoms with E-state index in [1.165, 1.54) is 11.3 Å². The Hall–Kier alpha value is -1.88. The van der Waals surface area contributed by atoms with Gasteiger partial charge in [0.2, 0.25) is 0 Å². The van der Waals surface area contributed by atoms with Crippen LogP contribution in [0.15, 0.2) is 29.8 Å². The third kappa shape index (κ3) is 3.54. The highest BCUT2D eigenvalue weighted by Gasteiger charge is 2.10. The molecule has 0 radical (unpaired) electrons. The summed E-state index contributed by atoms with van der Waals surface area (Å²) in [5.74, 6) is 1.45. The zero-order valence-corrected chi connectivity index (χ0v) is 11.7. The molecule has 0 N–H and O–H groups in total. The Morgan fingerprint density at radius 1 is 1.21 bits per heavy atom. The Bertz CT molecular complexity index is 552. The third-order valence-electron chi connectivity index (χ3n) is 2.68. The van der Waals surface area contributed by atoms with Gasteiger partial charge in [0.1, 0.15) is 5.78 Å². The second kappa shape index (κ2) is 6.33. The van der Waals surface area contributed by atoms with E-state index in [4.69, 9.17) is 9.47 Å². The SMILES string of the molecule is COc1ccc(CC(=O)Cc2nccs2)cc1OC. The van der Waals surface area contributed by atoms with Gasteiger partial charge in [0, 0.05) is 18.0 Å². The fraction of sp³-hybridized carbons (Fsp3) is 0.286. The van der Waals surface area contributed by atoms with Crippen LogP contribution in [0.25, 0.3) is 0 Å². The first-order valence-electron chi connectivity index (χ1n) is 5.84. The summed E-state index contributed by atoms with van der Waals surface area (Å²) in [6.45, 7) is 0. The molecule has 1 aromatic carbocycles. The minimum atomic E-state index is 0.141. The molecule has 1 aromatic heterocycles. The van der Waals surface area contributed by atoms with E-state index in [0.717, 1.165) is 10.6 Å². The summed E-state index contributed by atoms with van der Waals surface area (Å²) >= 11 is 1.50. The van der Waals surface area contributed by atoms with Crippen molar-refractivity contribution in [3.63, 3.8) is 0 Å². The summed E-state index contributed by atoms with van der Waals surface area (Å²) in [5, 5.41) is 2.73. The number of hydrogen-bond acceptors (Lipinski definition) is 5. The number of benzene rings is 1. The summed E-state index contributed by atoms with van der Waals surface area (Å²) in [4.78, 5) is 16.0. The molecular weight excluding hydrogens is 262 g/mol. The van der Waals surface area contributed by atoms with Gasteiger partial charge in [0.25, 0.3) is 0 Å². The summed E-state index contributed by atoms with van der Waals surface area (Å²) in [5.41, 5.74) is 0.916. The van der Waals surface area contributed by atoms with Crippen LogP contribution in [0.3, 0.4) is 0 Å². The van der Waals surface area contributed by atoms with Gasteiger partial charge in [-0.05, 0) is 17.7 Å². The van der Waals surface area contributed by atoms with Crippen molar-refractivity contribution >= 4 is 17.1 Å². The fourth-order valence-corrected chi connectivity index (χ4v) is 2.43. The highest BCUT2D eigenvalue weighted by molar-refractivity contribution is 7.09. The van der Waals surface area contributed by atoms with Gasteiger partial charge in [-0.1, -0.05) is 6.07 Å². The molecule has 0 unspecified atom stereocenters. The third-order valence-corrected chi connectivity index (χ3v) is 3.46. The maximum atomic E-state index is 11.9. The number of carbonyl (C=O) groups excluding carboxylic acids is 1. The molecule has 0 amide bonds. The second-order valence-electron chi connectivity index (χ2n) is 4.01. The molecule has 0 saturated heterocycles. The van der Waals surface area contributed by atoms with Crippen LogP contribution in [0.2, 0.25) is 0 Å². The number of nitrogens with zero attached hydrogens (tertiary/aromatic N) is 1. The minimum absolute atomic E-state index is 0.141. The van der Waals surface area contributed by atoms with Crippen molar-refractivity contribution in [2.24, 2.45) is 0 Å². The van der Waals surface area contributed by atoms with Gasteiger partial charge in [0.05, 0.1) is 25.6 Å². The van der Waals surface area contributed by atoms with E-state index in [0.29, 0.717) is 24.3 Å². The Labute approximate surface area is 116 Å². The number of ether oxygens (including phenoxy) is 2. The minimum Gasteiger partial charge on any atom is -0.493 e. The van der Waals surface area contributed by atoms with Gasteiger partial charge in [0.15, 0.2) is 11.5 Å². The molecule has 4 nitrogen and oxygen atoms in total. The van der Waals surface area contributed by atoms with Crippen molar-refractivity contribution in [3.05, 3.63) is 40.3 Å². The number of ketones is 1. The van der Waals surface area contributed by atoms with Gasteiger partial charge < -0.3 is 9.47 Å². The summed E-state index contributed by atoms with van der Waals surface area (Å²) in [6, 6.07) is 5.52. The molecule has 0 atom stereocenters. The zero-order chi connectivity index (χ0) is 13.7. The van der Waals surface area contributed by atoms with Gasteiger partial charge in [-0.25, -0.2) is 4.98 Å². The molecule has 0 aliphatic rings. The smallest absolute Gasteiger partial charge is 0.161 e. The molecule has 2 rings (SSSR count). The van der Waals surface area contributed by atoms with E-state index in [-0.39, 0.29) is 5.78 Å². The van der Waals surface area contributed by atoms with Crippen molar-refractivity contribution in [3.8, 4) is 11.5 Å². The van der Waals surface area contributed by atoms with Crippen molar-refractivity contribution in [1.29, 1.82) is 0 Å². The second-order valence-corrected chi connectivity index (χ2v) is 4.99. The van der Waals surface area contributed by atoms with Crippen LogP contribution in [0.1, 0.15) is 10.6 Å². The number of rotatable bonds is 6. The lowest BCUT2D eigenvalue weighted by molar-refractivity contribution is -0.117. The number of carbonyl (C=O) groups is 1. The Kier molecular flexibility index (Phi) is 4.52. The van der Waals surface area contributed by atoms with Gasteiger partial charge in [-0.3, -0.25) is 4.79 Å². The number of hydrogen-bond donors (Lipinski definition) is 0. The van der Waals surface area contributed by atoms with Crippen LogP contribution in [0.5, 0.6) is 11.5 Å². The first kappa shape index (κ1) is 13.5. The zero-order valence-electron chi connectivity index (χ0n) is 10.9. The number of Topliss-reactive ketones (excluding diaryl/α,β-unsaturated/α-hetero) is 1. The van der Waals surface area contributed by atoms with E-state index >= 15 is 0 Å². The molecule has 0 aliphatic carbocycles. The highest BCUT2D eigenvalue weighted by atomic mass is 32.1. The lowest BCUT2D eigenvalue weighted by Gasteiger charge is -2.09. The van der Waals surface area contributed by atoms with Crippen LogP contribution >= 0.6 is 11.3 Å². The number of methoxy groups -OCH3 is 2. The Morgan fingerprint density at radius 2 is 2.00 bits per heavy atom. The molecule has 0 fully saturated rings. The summed E-state index contributed by atoms with van der Waals surface area (Å²) < 4.78 is 10.4. The van der Waals surface area contributed by atoms with Crippen molar-refractivity contribution in [2.45, 2.75) is 12.8 Å². The standard InChI is InChI=1S/C14H15NO3S/c1-17-12-4-3-10(8-13(12)18-2)7-11(16)9-14-15-5-6-19-14/h3-6,8H,7,9H2,1-2H3.